The Labute approximate surface area is 159 Å². The number of hydrogen-bond donors (Lipinski definition) is 2. The van der Waals surface area contributed by atoms with Gasteiger partial charge in [0.15, 0.2) is 5.82 Å². The van der Waals surface area contributed by atoms with Crippen molar-refractivity contribution in [2.45, 2.75) is 6.04 Å². The molecule has 1 saturated heterocycles. The minimum absolute atomic E-state index is 0.287. The molecule has 0 atom stereocenters. The highest BCUT2D eigenvalue weighted by Crippen LogP contribution is 2.38. The number of phenols is 1. The van der Waals surface area contributed by atoms with Gasteiger partial charge in [0.05, 0.1) is 11.6 Å². The zero-order chi connectivity index (χ0) is 17.0. The number of pyridine rings is 1. The summed E-state index contributed by atoms with van der Waals surface area (Å²) in [5, 5.41) is 18.3. The molecule has 2 aromatic heterocycles. The number of rotatable bonds is 2. The van der Waals surface area contributed by atoms with Crippen LogP contribution in [0.1, 0.15) is 0 Å². The van der Waals surface area contributed by atoms with Crippen LogP contribution >= 0.6 is 22.9 Å². The lowest BCUT2D eigenvalue weighted by atomic mass is 10.1. The van der Waals surface area contributed by atoms with Crippen LogP contribution in [0.25, 0.3) is 16.6 Å². The van der Waals surface area contributed by atoms with Crippen LogP contribution in [0.3, 0.4) is 0 Å². The topological polar surface area (TPSA) is 56.0 Å². The third-order valence-corrected chi connectivity index (χ3v) is 5.80. The highest BCUT2D eigenvalue weighted by Gasteiger charge is 2.35. The SMILES string of the molecule is Oc1ccccc1-c1ccc2c3c(nn2c1)NCCN3C1CN(I)C1. The van der Waals surface area contributed by atoms with Gasteiger partial charge in [-0.1, -0.05) is 24.3 Å². The Morgan fingerprint density at radius 3 is 2.80 bits per heavy atom. The van der Waals surface area contributed by atoms with E-state index in [0.29, 0.717) is 6.04 Å². The fraction of sp³-hybridized carbons (Fsp3) is 0.278. The molecule has 128 valence electrons. The summed E-state index contributed by atoms with van der Waals surface area (Å²) in [5.41, 5.74) is 4.08. The first-order valence-corrected chi connectivity index (χ1v) is 9.39. The number of nitrogens with one attached hydrogen (secondary N) is 1. The predicted octanol–water partition coefficient (Wildman–Crippen LogP) is 2.97. The van der Waals surface area contributed by atoms with Crippen molar-refractivity contribution in [1.29, 1.82) is 0 Å². The van der Waals surface area contributed by atoms with E-state index in [4.69, 9.17) is 5.10 Å². The van der Waals surface area contributed by atoms with Gasteiger partial charge in [-0.3, -0.25) is 0 Å². The molecule has 2 aliphatic heterocycles. The van der Waals surface area contributed by atoms with Crippen LogP contribution in [-0.2, 0) is 0 Å². The quantitative estimate of drug-likeness (QED) is 0.468. The number of aromatic nitrogens is 2. The van der Waals surface area contributed by atoms with Crippen LogP contribution in [0, 0.1) is 0 Å². The van der Waals surface area contributed by atoms with E-state index >= 15 is 0 Å². The zero-order valence-electron chi connectivity index (χ0n) is 13.6. The molecule has 3 aromatic rings. The second kappa shape index (κ2) is 5.77. The van der Waals surface area contributed by atoms with Crippen molar-refractivity contribution in [1.82, 2.24) is 12.7 Å². The maximum atomic E-state index is 10.1. The molecule has 0 bridgehead atoms. The van der Waals surface area contributed by atoms with E-state index in [9.17, 15) is 5.11 Å². The van der Waals surface area contributed by atoms with Crippen molar-refractivity contribution >= 4 is 39.9 Å². The van der Waals surface area contributed by atoms with E-state index < -0.39 is 0 Å². The average molecular weight is 447 g/mol. The highest BCUT2D eigenvalue weighted by molar-refractivity contribution is 14.1. The van der Waals surface area contributed by atoms with Crippen LogP contribution in [0.15, 0.2) is 42.6 Å². The summed E-state index contributed by atoms with van der Waals surface area (Å²) in [6.45, 7) is 4.10. The van der Waals surface area contributed by atoms with E-state index in [-0.39, 0.29) is 5.75 Å². The van der Waals surface area contributed by atoms with Crippen molar-refractivity contribution in [2.24, 2.45) is 0 Å². The molecule has 5 rings (SSSR count). The lowest BCUT2D eigenvalue weighted by Crippen LogP contribution is -2.57. The lowest BCUT2D eigenvalue weighted by molar-refractivity contribution is 0.302. The van der Waals surface area contributed by atoms with Gasteiger partial charge in [0.25, 0.3) is 0 Å². The first kappa shape index (κ1) is 15.3. The minimum Gasteiger partial charge on any atom is -0.507 e. The van der Waals surface area contributed by atoms with Crippen LogP contribution in [-0.4, -0.2) is 50.1 Å². The number of fused-ring (bicyclic) bond motifs is 3. The van der Waals surface area contributed by atoms with E-state index in [1.807, 2.05) is 28.9 Å². The summed E-state index contributed by atoms with van der Waals surface area (Å²) in [6, 6.07) is 12.1. The monoisotopic (exact) mass is 447 g/mol. The Hall–Kier alpha value is -2.00. The van der Waals surface area contributed by atoms with Crippen molar-refractivity contribution < 1.29 is 5.11 Å². The number of benzene rings is 1. The fourth-order valence-corrected chi connectivity index (χ4v) is 4.60. The van der Waals surface area contributed by atoms with Gasteiger partial charge in [-0.05, 0) is 12.1 Å². The molecule has 25 heavy (non-hydrogen) atoms. The van der Waals surface area contributed by atoms with E-state index in [2.05, 4.69) is 48.3 Å². The number of anilines is 2. The van der Waals surface area contributed by atoms with Gasteiger partial charge in [-0.2, -0.15) is 0 Å². The van der Waals surface area contributed by atoms with Gasteiger partial charge in [0.1, 0.15) is 11.4 Å². The maximum Gasteiger partial charge on any atom is 0.172 e. The number of phenolic OH excluding ortho intramolecular Hbond substituents is 1. The summed E-state index contributed by atoms with van der Waals surface area (Å²) < 4.78 is 4.24. The second-order valence-corrected chi connectivity index (χ2v) is 7.93. The molecule has 4 heterocycles. The van der Waals surface area contributed by atoms with Crippen LogP contribution in [0.5, 0.6) is 5.75 Å². The third kappa shape index (κ3) is 2.44. The number of aromatic hydroxyl groups is 1. The van der Waals surface area contributed by atoms with Gasteiger partial charge in [-0.15, -0.1) is 5.10 Å². The largest absolute Gasteiger partial charge is 0.507 e. The first-order valence-electron chi connectivity index (χ1n) is 8.43. The van der Waals surface area contributed by atoms with Crippen LogP contribution in [0.4, 0.5) is 11.5 Å². The molecule has 6 nitrogen and oxygen atoms in total. The van der Waals surface area contributed by atoms with E-state index in [0.717, 1.165) is 48.6 Å². The lowest BCUT2D eigenvalue weighted by Gasteiger charge is -2.44. The Morgan fingerprint density at radius 2 is 2.00 bits per heavy atom. The van der Waals surface area contributed by atoms with Gasteiger partial charge in [0, 0.05) is 66.4 Å². The maximum absolute atomic E-state index is 10.1. The van der Waals surface area contributed by atoms with Crippen molar-refractivity contribution in [3.05, 3.63) is 42.6 Å². The summed E-state index contributed by atoms with van der Waals surface area (Å²) in [7, 11) is 0. The van der Waals surface area contributed by atoms with Crippen molar-refractivity contribution in [3.63, 3.8) is 0 Å². The first-order chi connectivity index (χ1) is 12.2. The Balaban J connectivity index is 1.60. The molecular weight excluding hydrogens is 429 g/mol. The van der Waals surface area contributed by atoms with E-state index in [1.165, 1.54) is 5.69 Å². The third-order valence-electron chi connectivity index (χ3n) is 5.01. The average Bonchev–Trinajstić information content (AvgIpc) is 2.97. The number of para-hydroxylation sites is 1. The number of halogens is 1. The van der Waals surface area contributed by atoms with Crippen LogP contribution in [0.2, 0.25) is 0 Å². The summed E-state index contributed by atoms with van der Waals surface area (Å²) in [6.07, 6.45) is 1.99. The number of nitrogens with zero attached hydrogens (tertiary/aromatic N) is 4. The van der Waals surface area contributed by atoms with Gasteiger partial charge < -0.3 is 15.3 Å². The summed E-state index contributed by atoms with van der Waals surface area (Å²) >= 11 is 2.38. The summed E-state index contributed by atoms with van der Waals surface area (Å²) in [4.78, 5) is 2.49. The smallest absolute Gasteiger partial charge is 0.172 e. The molecule has 0 saturated carbocycles. The Morgan fingerprint density at radius 1 is 1.16 bits per heavy atom. The molecule has 7 heteroatoms. The molecule has 0 unspecified atom stereocenters. The van der Waals surface area contributed by atoms with Gasteiger partial charge in [0.2, 0.25) is 0 Å². The minimum atomic E-state index is 0.287. The molecule has 1 fully saturated rings. The molecule has 2 N–H and O–H groups in total. The van der Waals surface area contributed by atoms with E-state index in [1.54, 1.807) is 6.07 Å². The predicted molar refractivity (Wildman–Crippen MR) is 108 cm³/mol. The molecular formula is C18H18IN5O. The standard InChI is InChI=1S/C18H18IN5O/c19-22-10-13(11-22)23-8-7-20-18-17(23)15-6-5-12(9-24(15)21-18)14-3-1-2-4-16(14)25/h1-6,9,13,25H,7-8,10-11H2,(H,20,21). The Kier molecular flexibility index (Phi) is 3.53. The van der Waals surface area contributed by atoms with Crippen molar-refractivity contribution in [2.75, 3.05) is 36.4 Å². The zero-order valence-corrected chi connectivity index (χ0v) is 15.7. The highest BCUT2D eigenvalue weighted by atomic mass is 127. The molecule has 0 spiro atoms. The molecule has 0 aliphatic carbocycles. The van der Waals surface area contributed by atoms with Crippen LogP contribution < -0.4 is 10.2 Å². The summed E-state index contributed by atoms with van der Waals surface area (Å²) in [5.74, 6) is 1.24. The Bertz CT molecular complexity index is 950. The second-order valence-electron chi connectivity index (χ2n) is 6.56. The fourth-order valence-electron chi connectivity index (χ4n) is 3.69. The molecule has 0 radical (unpaired) electrons. The molecule has 0 amide bonds. The van der Waals surface area contributed by atoms with Gasteiger partial charge >= 0.3 is 0 Å². The normalized spacial score (nSPS) is 18.0. The molecule has 2 aliphatic rings. The number of hydrogen-bond acceptors (Lipinski definition) is 5. The van der Waals surface area contributed by atoms with Crippen molar-refractivity contribution in [3.8, 4) is 16.9 Å². The molecule has 1 aromatic carbocycles. The van der Waals surface area contributed by atoms with Gasteiger partial charge in [-0.25, -0.2) is 7.63 Å².